The first-order valence-electron chi connectivity index (χ1n) is 23.2. The number of carbonyl (C=O) groups excluding carboxylic acids is 4. The number of nitrogens with one attached hydrogen (secondary N) is 2. The largest absolute Gasteiger partial charge is 0.493 e. The summed E-state index contributed by atoms with van der Waals surface area (Å²) in [5.74, 6) is -0.779. The second-order valence-corrected chi connectivity index (χ2v) is 22.4. The van der Waals surface area contributed by atoms with Gasteiger partial charge in [-0.2, -0.15) is 0 Å². The van der Waals surface area contributed by atoms with Crippen molar-refractivity contribution >= 4 is 38.1 Å². The highest BCUT2D eigenvalue weighted by Gasteiger charge is 2.44. The molecule has 6 rings (SSSR count). The maximum Gasteiger partial charge on any atom is 0.408 e. The van der Waals surface area contributed by atoms with E-state index in [-0.39, 0.29) is 25.7 Å². The Labute approximate surface area is 390 Å². The molecule has 2 aliphatic rings. The summed E-state index contributed by atoms with van der Waals surface area (Å²) >= 11 is 0. The second-order valence-electron chi connectivity index (χ2n) is 17.4. The van der Waals surface area contributed by atoms with Gasteiger partial charge < -0.3 is 38.9 Å². The quantitative estimate of drug-likeness (QED) is 0.0197. The normalized spacial score (nSPS) is 15.8. The Morgan fingerprint density at radius 2 is 1.44 bits per heavy atom. The van der Waals surface area contributed by atoms with Crippen LogP contribution in [0.4, 0.5) is 15.3 Å². The summed E-state index contributed by atoms with van der Waals surface area (Å²) in [6, 6.07) is 30.1. The molecule has 0 saturated carbocycles. The molecule has 66 heavy (non-hydrogen) atoms. The summed E-state index contributed by atoms with van der Waals surface area (Å²) in [5, 5.41) is 5.60. The molecule has 12 nitrogen and oxygen atoms in total. The van der Waals surface area contributed by atoms with Crippen LogP contribution in [0.1, 0.15) is 88.6 Å². The highest BCUT2D eigenvalue weighted by Crippen LogP contribution is 2.45. The standard InChI is InChI=1S/C53H65N3O9Si/c1-8-30-63-53(60)55-50-45-34-40(62-31-18-32-65-66(36(3)4,37(5)6)33-17-21-39-19-11-10-12-20-39)26-27-47(45)56(48(50)28-29-49(57)61-9-2)51(58)38(7)54-52(59)64-35-46-43-24-15-13-22-41(43)42-23-14-16-25-44(42)46/h8,10-16,19-20,22-29,34,36-38,46,48,50H,1,9,17-18,21,30-33,35H2,2-7H3,(H,54,59)(H,55,60)/b29-28+/t38-,48+,50-/m0/s1. The summed E-state index contributed by atoms with van der Waals surface area (Å²) in [4.78, 5) is 55.3. The van der Waals surface area contributed by atoms with Gasteiger partial charge in [0.25, 0.3) is 0 Å². The summed E-state index contributed by atoms with van der Waals surface area (Å²) in [6.07, 6.45) is 5.42. The van der Waals surface area contributed by atoms with Crippen LogP contribution >= 0.6 is 0 Å². The van der Waals surface area contributed by atoms with E-state index in [1.54, 1.807) is 32.0 Å². The van der Waals surface area contributed by atoms with Gasteiger partial charge >= 0.3 is 18.2 Å². The highest BCUT2D eigenvalue weighted by molar-refractivity contribution is 6.76. The van der Waals surface area contributed by atoms with Gasteiger partial charge in [0.05, 0.1) is 31.0 Å². The Hall–Kier alpha value is -6.18. The number of esters is 1. The lowest BCUT2D eigenvalue weighted by Crippen LogP contribution is -2.51. The van der Waals surface area contributed by atoms with Crippen LogP contribution in [-0.4, -0.2) is 77.5 Å². The minimum absolute atomic E-state index is 0.0471. The third-order valence-corrected chi connectivity index (χ3v) is 18.4. The predicted octanol–water partition coefficient (Wildman–Crippen LogP) is 10.6. The van der Waals surface area contributed by atoms with E-state index in [0.717, 1.165) is 41.1 Å². The van der Waals surface area contributed by atoms with E-state index >= 15 is 0 Å². The van der Waals surface area contributed by atoms with E-state index in [4.69, 9.17) is 23.4 Å². The molecule has 0 aromatic heterocycles. The highest BCUT2D eigenvalue weighted by atomic mass is 28.4. The summed E-state index contributed by atoms with van der Waals surface area (Å²) in [7, 11) is -2.11. The number of fused-ring (bicyclic) bond motifs is 4. The molecule has 0 spiro atoms. The van der Waals surface area contributed by atoms with Crippen molar-refractivity contribution in [2.24, 2.45) is 0 Å². The fourth-order valence-corrected chi connectivity index (χ4v) is 13.9. The number of rotatable bonds is 22. The Bertz CT molecular complexity index is 2280. The summed E-state index contributed by atoms with van der Waals surface area (Å²) < 4.78 is 29.5. The smallest absolute Gasteiger partial charge is 0.408 e. The van der Waals surface area contributed by atoms with Crippen molar-refractivity contribution in [1.82, 2.24) is 10.6 Å². The third-order valence-electron chi connectivity index (χ3n) is 12.6. The number of alkyl carbamates (subject to hydrolysis) is 2. The molecule has 1 heterocycles. The number of carbonyl (C=O) groups is 4. The van der Waals surface area contributed by atoms with Crippen molar-refractivity contribution in [2.45, 2.75) is 102 Å². The number of hydrogen-bond acceptors (Lipinski definition) is 9. The third kappa shape index (κ3) is 11.8. The van der Waals surface area contributed by atoms with Crippen molar-refractivity contribution < 1.29 is 42.6 Å². The van der Waals surface area contributed by atoms with Gasteiger partial charge in [0.1, 0.15) is 25.0 Å². The molecule has 4 aromatic rings. The van der Waals surface area contributed by atoms with E-state index in [1.807, 2.05) is 42.5 Å². The molecule has 1 aliphatic carbocycles. The first kappa shape index (κ1) is 49.3. The van der Waals surface area contributed by atoms with Gasteiger partial charge in [-0.1, -0.05) is 125 Å². The van der Waals surface area contributed by atoms with E-state index < -0.39 is 50.5 Å². The van der Waals surface area contributed by atoms with Gasteiger partial charge in [0, 0.05) is 30.6 Å². The number of ether oxygens (including phenoxy) is 4. The fraction of sp³-hybridized carbons (Fsp3) is 0.396. The van der Waals surface area contributed by atoms with Crippen LogP contribution in [-0.2, 0) is 34.6 Å². The van der Waals surface area contributed by atoms with Gasteiger partial charge in [-0.15, -0.1) is 0 Å². The molecule has 1 aliphatic heterocycles. The number of nitrogens with zero attached hydrogens (tertiary/aromatic N) is 1. The number of amides is 3. The molecule has 3 atom stereocenters. The van der Waals surface area contributed by atoms with Crippen LogP contribution in [0.3, 0.4) is 0 Å². The van der Waals surface area contributed by atoms with E-state index in [9.17, 15) is 19.2 Å². The monoisotopic (exact) mass is 915 g/mol. The molecule has 13 heteroatoms. The second kappa shape index (κ2) is 23.3. The zero-order valence-electron chi connectivity index (χ0n) is 39.1. The van der Waals surface area contributed by atoms with Gasteiger partial charge in [-0.25, -0.2) is 14.4 Å². The molecular formula is C53H65N3O9Si. The number of benzene rings is 4. The Morgan fingerprint density at radius 3 is 2.09 bits per heavy atom. The molecule has 3 amide bonds. The summed E-state index contributed by atoms with van der Waals surface area (Å²) in [5.41, 5.74) is 7.55. The van der Waals surface area contributed by atoms with Crippen molar-refractivity contribution in [1.29, 1.82) is 0 Å². The minimum atomic E-state index is -2.11. The molecule has 350 valence electrons. The topological polar surface area (TPSA) is 142 Å². The van der Waals surface area contributed by atoms with Crippen molar-refractivity contribution in [3.63, 3.8) is 0 Å². The first-order chi connectivity index (χ1) is 31.9. The fourth-order valence-electron chi connectivity index (χ4n) is 9.34. The molecular weight excluding hydrogens is 851 g/mol. The lowest BCUT2D eigenvalue weighted by Gasteiger charge is -2.39. The average molecular weight is 916 g/mol. The molecule has 0 unspecified atom stereocenters. The van der Waals surface area contributed by atoms with E-state index in [1.165, 1.54) is 28.7 Å². The number of hydrogen-bond donors (Lipinski definition) is 2. The van der Waals surface area contributed by atoms with Crippen molar-refractivity contribution in [3.05, 3.63) is 144 Å². The van der Waals surface area contributed by atoms with Crippen molar-refractivity contribution in [2.75, 3.05) is 37.9 Å². The van der Waals surface area contributed by atoms with Crippen LogP contribution in [0.2, 0.25) is 17.1 Å². The predicted molar refractivity (Wildman–Crippen MR) is 260 cm³/mol. The van der Waals surface area contributed by atoms with Crippen LogP contribution in [0.25, 0.3) is 11.1 Å². The van der Waals surface area contributed by atoms with Crippen LogP contribution < -0.4 is 20.3 Å². The zero-order chi connectivity index (χ0) is 47.2. The molecule has 0 bridgehead atoms. The summed E-state index contributed by atoms with van der Waals surface area (Å²) in [6.45, 7) is 17.1. The maximum absolute atomic E-state index is 14.6. The van der Waals surface area contributed by atoms with Gasteiger partial charge in [0.2, 0.25) is 5.91 Å². The molecule has 0 saturated heterocycles. The SMILES string of the molecule is C=CCOC(=O)N[C@H]1c2cc(OCCCO[Si](CCCc3ccccc3)(C(C)C)C(C)C)ccc2N(C(=O)[C@H](C)NC(=O)OCC2c3ccccc3-c3ccccc32)[C@@H]1/C=C/C(=O)OCC. The van der Waals surface area contributed by atoms with Crippen molar-refractivity contribution in [3.8, 4) is 16.9 Å². The average Bonchev–Trinajstić information content (AvgIpc) is 3.79. The maximum atomic E-state index is 14.6. The van der Waals surface area contributed by atoms with E-state index in [2.05, 4.69) is 81.3 Å². The molecule has 0 radical (unpaired) electrons. The van der Waals surface area contributed by atoms with Crippen LogP contribution in [0.5, 0.6) is 5.75 Å². The number of anilines is 1. The Morgan fingerprint density at radius 1 is 0.773 bits per heavy atom. The van der Waals surface area contributed by atoms with Crippen LogP contribution in [0.15, 0.2) is 122 Å². The molecule has 0 fully saturated rings. The number of aryl methyl sites for hydroxylation is 1. The molecule has 2 N–H and O–H groups in total. The minimum Gasteiger partial charge on any atom is -0.493 e. The van der Waals surface area contributed by atoms with E-state index in [0.29, 0.717) is 47.7 Å². The zero-order valence-corrected chi connectivity index (χ0v) is 40.1. The molecule has 4 aromatic carbocycles. The first-order valence-corrected chi connectivity index (χ1v) is 25.4. The van der Waals surface area contributed by atoms with Crippen LogP contribution in [0, 0.1) is 0 Å². The lowest BCUT2D eigenvalue weighted by molar-refractivity contribution is -0.137. The van der Waals surface area contributed by atoms with Gasteiger partial charge in [0.15, 0.2) is 8.32 Å². The Kier molecular flexibility index (Phi) is 17.4. The van der Waals surface area contributed by atoms with Gasteiger partial charge in [-0.05, 0) is 89.8 Å². The van der Waals surface area contributed by atoms with Gasteiger partial charge in [-0.3, -0.25) is 4.79 Å². The lowest BCUT2D eigenvalue weighted by atomic mass is 9.98. The Balaban J connectivity index is 1.17.